The van der Waals surface area contributed by atoms with Gasteiger partial charge in [-0.3, -0.25) is 0 Å². The Kier molecular flexibility index (Phi) is 4.85. The Hall–Kier alpha value is -1.18. The number of ether oxygens (including phenoxy) is 1. The van der Waals surface area contributed by atoms with E-state index in [1.165, 1.54) is 6.07 Å². The van der Waals surface area contributed by atoms with Crippen molar-refractivity contribution in [2.45, 2.75) is 32.1 Å². The van der Waals surface area contributed by atoms with Gasteiger partial charge in [0.1, 0.15) is 23.8 Å². The Balaban J connectivity index is 2.10. The second-order valence-electron chi connectivity index (χ2n) is 5.26. The van der Waals surface area contributed by atoms with Crippen molar-refractivity contribution in [2.24, 2.45) is 0 Å². The standard InChI is InChI=1S/C14H20FNO4S/c1-3-16-9(2)11-5-4-10(6-12(11)15)20-14-8-21(18,19)7-13(14)17/h4-6,9,13-14,16-17H,3,7-8H2,1-2H3. The zero-order valence-electron chi connectivity index (χ0n) is 12.0. The molecule has 3 unspecified atom stereocenters. The lowest BCUT2D eigenvalue weighted by Gasteiger charge is -2.18. The van der Waals surface area contributed by atoms with E-state index in [2.05, 4.69) is 5.32 Å². The minimum absolute atomic E-state index is 0.124. The molecule has 0 saturated carbocycles. The first kappa shape index (κ1) is 16.2. The Morgan fingerprint density at radius 3 is 2.71 bits per heavy atom. The maximum absolute atomic E-state index is 14.0. The van der Waals surface area contributed by atoms with Crippen LogP contribution in [0.4, 0.5) is 4.39 Å². The number of halogens is 1. The van der Waals surface area contributed by atoms with Crippen molar-refractivity contribution >= 4 is 9.84 Å². The van der Waals surface area contributed by atoms with Crippen LogP contribution in [0.25, 0.3) is 0 Å². The van der Waals surface area contributed by atoms with Gasteiger partial charge in [-0.05, 0) is 19.5 Å². The van der Waals surface area contributed by atoms with E-state index in [1.807, 2.05) is 13.8 Å². The molecule has 5 nitrogen and oxygen atoms in total. The molecule has 1 heterocycles. The van der Waals surface area contributed by atoms with E-state index in [9.17, 15) is 17.9 Å². The Labute approximate surface area is 124 Å². The maximum Gasteiger partial charge on any atom is 0.156 e. The fraction of sp³-hybridized carbons (Fsp3) is 0.571. The van der Waals surface area contributed by atoms with Gasteiger partial charge in [0.25, 0.3) is 0 Å². The smallest absolute Gasteiger partial charge is 0.156 e. The average Bonchev–Trinajstić information content (AvgIpc) is 2.62. The van der Waals surface area contributed by atoms with E-state index in [0.29, 0.717) is 5.56 Å². The molecule has 3 atom stereocenters. The van der Waals surface area contributed by atoms with Crippen LogP contribution in [0, 0.1) is 5.82 Å². The van der Waals surface area contributed by atoms with Crippen LogP contribution in [0.5, 0.6) is 5.75 Å². The predicted octanol–water partition coefficient (Wildman–Crippen LogP) is 1.03. The molecule has 0 aliphatic carbocycles. The molecular formula is C14H20FNO4S. The lowest BCUT2D eigenvalue weighted by atomic mass is 10.1. The number of sulfone groups is 1. The fourth-order valence-corrected chi connectivity index (χ4v) is 4.09. The first-order valence-corrected chi connectivity index (χ1v) is 8.72. The van der Waals surface area contributed by atoms with Gasteiger partial charge in [-0.2, -0.15) is 0 Å². The number of benzene rings is 1. The van der Waals surface area contributed by atoms with Gasteiger partial charge in [-0.15, -0.1) is 0 Å². The van der Waals surface area contributed by atoms with E-state index < -0.39 is 27.9 Å². The van der Waals surface area contributed by atoms with E-state index in [1.54, 1.807) is 12.1 Å². The minimum Gasteiger partial charge on any atom is -0.487 e. The van der Waals surface area contributed by atoms with Crippen molar-refractivity contribution in [2.75, 3.05) is 18.1 Å². The van der Waals surface area contributed by atoms with Crippen LogP contribution < -0.4 is 10.1 Å². The number of aliphatic hydroxyl groups excluding tert-OH is 1. The van der Waals surface area contributed by atoms with Crippen LogP contribution in [0.2, 0.25) is 0 Å². The van der Waals surface area contributed by atoms with Crippen molar-refractivity contribution in [1.82, 2.24) is 5.32 Å². The summed E-state index contributed by atoms with van der Waals surface area (Å²) in [6.45, 7) is 4.52. The molecule has 1 aliphatic heterocycles. The molecule has 0 aromatic heterocycles. The summed E-state index contributed by atoms with van der Waals surface area (Å²) in [5.41, 5.74) is 0.517. The van der Waals surface area contributed by atoms with Gasteiger partial charge in [-0.1, -0.05) is 13.0 Å². The van der Waals surface area contributed by atoms with Gasteiger partial charge in [0.05, 0.1) is 11.5 Å². The molecule has 118 valence electrons. The largest absolute Gasteiger partial charge is 0.487 e. The Bertz CT molecular complexity index is 605. The van der Waals surface area contributed by atoms with Crippen molar-refractivity contribution < 1.29 is 22.7 Å². The van der Waals surface area contributed by atoms with E-state index >= 15 is 0 Å². The average molecular weight is 317 g/mol. The van der Waals surface area contributed by atoms with Crippen LogP contribution in [0.3, 0.4) is 0 Å². The van der Waals surface area contributed by atoms with Crippen molar-refractivity contribution in [1.29, 1.82) is 0 Å². The van der Waals surface area contributed by atoms with Crippen molar-refractivity contribution in [3.05, 3.63) is 29.6 Å². The third kappa shape index (κ3) is 3.93. The first-order chi connectivity index (χ1) is 9.82. The lowest BCUT2D eigenvalue weighted by molar-refractivity contribution is 0.0735. The molecule has 0 amide bonds. The highest BCUT2D eigenvalue weighted by Crippen LogP contribution is 2.25. The van der Waals surface area contributed by atoms with Gasteiger partial charge in [-0.25, -0.2) is 12.8 Å². The highest BCUT2D eigenvalue weighted by atomic mass is 32.2. The number of nitrogens with one attached hydrogen (secondary N) is 1. The molecule has 1 fully saturated rings. The maximum atomic E-state index is 14.0. The zero-order chi connectivity index (χ0) is 15.6. The van der Waals surface area contributed by atoms with E-state index in [4.69, 9.17) is 4.74 Å². The van der Waals surface area contributed by atoms with E-state index in [0.717, 1.165) is 6.54 Å². The molecule has 1 aromatic carbocycles. The van der Waals surface area contributed by atoms with Gasteiger partial charge in [0.15, 0.2) is 9.84 Å². The molecule has 1 aromatic rings. The van der Waals surface area contributed by atoms with Gasteiger partial charge in [0.2, 0.25) is 0 Å². The van der Waals surface area contributed by atoms with Crippen LogP contribution in [-0.4, -0.2) is 43.8 Å². The quantitative estimate of drug-likeness (QED) is 0.848. The second-order valence-corrected chi connectivity index (χ2v) is 7.42. The summed E-state index contributed by atoms with van der Waals surface area (Å²) in [4.78, 5) is 0. The molecular weight excluding hydrogens is 297 g/mol. The zero-order valence-corrected chi connectivity index (χ0v) is 12.9. The Morgan fingerprint density at radius 1 is 1.48 bits per heavy atom. The van der Waals surface area contributed by atoms with Gasteiger partial charge >= 0.3 is 0 Å². The second kappa shape index (κ2) is 6.29. The lowest BCUT2D eigenvalue weighted by Crippen LogP contribution is -2.29. The molecule has 21 heavy (non-hydrogen) atoms. The summed E-state index contributed by atoms with van der Waals surface area (Å²) in [6.07, 6.45) is -1.91. The molecule has 2 N–H and O–H groups in total. The van der Waals surface area contributed by atoms with Crippen LogP contribution in [0.1, 0.15) is 25.5 Å². The molecule has 7 heteroatoms. The molecule has 0 radical (unpaired) electrons. The van der Waals surface area contributed by atoms with Crippen molar-refractivity contribution in [3.63, 3.8) is 0 Å². The SMILES string of the molecule is CCNC(C)c1ccc(OC2CS(=O)(=O)CC2O)cc1F. The van der Waals surface area contributed by atoms with Crippen LogP contribution >= 0.6 is 0 Å². The van der Waals surface area contributed by atoms with E-state index in [-0.39, 0.29) is 23.3 Å². The predicted molar refractivity (Wildman–Crippen MR) is 77.6 cm³/mol. The molecule has 1 aliphatic rings. The monoisotopic (exact) mass is 317 g/mol. The summed E-state index contributed by atoms with van der Waals surface area (Å²) < 4.78 is 42.3. The number of hydrogen-bond acceptors (Lipinski definition) is 5. The number of rotatable bonds is 5. The summed E-state index contributed by atoms with van der Waals surface area (Å²) in [5.74, 6) is -0.751. The summed E-state index contributed by atoms with van der Waals surface area (Å²) >= 11 is 0. The van der Waals surface area contributed by atoms with Gasteiger partial charge < -0.3 is 15.2 Å². The summed E-state index contributed by atoms with van der Waals surface area (Å²) in [6, 6.07) is 4.29. The summed E-state index contributed by atoms with van der Waals surface area (Å²) in [5, 5.41) is 12.8. The van der Waals surface area contributed by atoms with Gasteiger partial charge in [0, 0.05) is 17.7 Å². The highest BCUT2D eigenvalue weighted by molar-refractivity contribution is 7.91. The van der Waals surface area contributed by atoms with Crippen LogP contribution in [0.15, 0.2) is 18.2 Å². The third-order valence-electron chi connectivity index (χ3n) is 3.51. The summed E-state index contributed by atoms with van der Waals surface area (Å²) in [7, 11) is -3.28. The molecule has 1 saturated heterocycles. The molecule has 2 rings (SSSR count). The number of aliphatic hydroxyl groups is 1. The van der Waals surface area contributed by atoms with Crippen molar-refractivity contribution in [3.8, 4) is 5.75 Å². The highest BCUT2D eigenvalue weighted by Gasteiger charge is 2.38. The molecule has 0 bridgehead atoms. The normalized spacial score (nSPS) is 25.7. The molecule has 0 spiro atoms. The number of hydrogen-bond donors (Lipinski definition) is 2. The Morgan fingerprint density at radius 2 is 2.19 bits per heavy atom. The van der Waals surface area contributed by atoms with Crippen LogP contribution in [-0.2, 0) is 9.84 Å². The minimum atomic E-state index is -3.28. The first-order valence-electron chi connectivity index (χ1n) is 6.90. The third-order valence-corrected chi connectivity index (χ3v) is 5.19. The fourth-order valence-electron chi connectivity index (χ4n) is 2.43. The topological polar surface area (TPSA) is 75.6 Å².